The third-order valence-electron chi connectivity index (χ3n) is 2.36. The lowest BCUT2D eigenvalue weighted by Gasteiger charge is -1.88. The highest BCUT2D eigenvalue weighted by atomic mass is 16.5. The van der Waals surface area contributed by atoms with Crippen molar-refractivity contribution in [3.05, 3.63) is 29.7 Å². The number of nitrogens with zero attached hydrogens (tertiary/aromatic N) is 3. The number of fused-ring (bicyclic) bond motifs is 1. The fourth-order valence-electron chi connectivity index (χ4n) is 1.59. The monoisotopic (exact) mass is 214 g/mol. The van der Waals surface area contributed by atoms with Crippen LogP contribution in [0.15, 0.2) is 22.7 Å². The third kappa shape index (κ3) is 1.37. The van der Waals surface area contributed by atoms with Crippen LogP contribution in [0.2, 0.25) is 0 Å². The average Bonchev–Trinajstić information content (AvgIpc) is 2.83. The Morgan fingerprint density at radius 1 is 1.19 bits per heavy atom. The highest BCUT2D eigenvalue weighted by Gasteiger charge is 2.09. The molecule has 0 radical (unpaired) electrons. The van der Waals surface area contributed by atoms with E-state index in [2.05, 4.69) is 20.1 Å². The topological polar surface area (TPSA) is 67.6 Å². The molecule has 5 nitrogen and oxygen atoms in total. The van der Waals surface area contributed by atoms with Gasteiger partial charge in [-0.3, -0.25) is 0 Å². The van der Waals surface area contributed by atoms with E-state index in [0.717, 1.165) is 17.0 Å². The van der Waals surface area contributed by atoms with Gasteiger partial charge in [-0.05, 0) is 26.0 Å². The Bertz CT molecular complexity index is 653. The van der Waals surface area contributed by atoms with Gasteiger partial charge >= 0.3 is 0 Å². The zero-order valence-corrected chi connectivity index (χ0v) is 8.98. The average molecular weight is 214 g/mol. The van der Waals surface area contributed by atoms with Crippen LogP contribution in [0, 0.1) is 13.8 Å². The van der Waals surface area contributed by atoms with Gasteiger partial charge in [-0.1, -0.05) is 5.16 Å². The molecule has 0 amide bonds. The lowest BCUT2D eigenvalue weighted by atomic mass is 10.3. The van der Waals surface area contributed by atoms with Gasteiger partial charge in [-0.15, -0.1) is 0 Å². The molecule has 0 saturated heterocycles. The second-order valence-electron chi connectivity index (χ2n) is 3.73. The molecule has 0 unspecified atom stereocenters. The first-order chi connectivity index (χ1) is 7.72. The minimum atomic E-state index is 0.685. The van der Waals surface area contributed by atoms with Crippen LogP contribution < -0.4 is 0 Å². The highest BCUT2D eigenvalue weighted by molar-refractivity contribution is 5.75. The van der Waals surface area contributed by atoms with E-state index in [1.807, 2.05) is 32.0 Å². The predicted molar refractivity (Wildman–Crippen MR) is 58.9 cm³/mol. The molecule has 0 aromatic carbocycles. The van der Waals surface area contributed by atoms with Crippen LogP contribution >= 0.6 is 0 Å². The molecule has 0 atom stereocenters. The summed E-state index contributed by atoms with van der Waals surface area (Å²) in [5.41, 5.74) is 3.26. The summed E-state index contributed by atoms with van der Waals surface area (Å²) in [7, 11) is 0. The SMILES string of the molecule is Cc1ccc2[nH]c(-c3cc(C)on3)nc2n1. The maximum atomic E-state index is 5.01. The normalized spacial score (nSPS) is 11.1. The number of aromatic amines is 1. The Morgan fingerprint density at radius 3 is 2.81 bits per heavy atom. The first kappa shape index (κ1) is 9.08. The van der Waals surface area contributed by atoms with Crippen LogP contribution in [0.25, 0.3) is 22.7 Å². The number of hydrogen-bond donors (Lipinski definition) is 1. The summed E-state index contributed by atoms with van der Waals surface area (Å²) in [6.45, 7) is 3.79. The highest BCUT2D eigenvalue weighted by Crippen LogP contribution is 2.19. The first-order valence-electron chi connectivity index (χ1n) is 4.99. The molecule has 0 spiro atoms. The second kappa shape index (κ2) is 3.16. The molecule has 0 aliphatic carbocycles. The summed E-state index contributed by atoms with van der Waals surface area (Å²) in [6, 6.07) is 5.74. The molecule has 5 heteroatoms. The third-order valence-corrected chi connectivity index (χ3v) is 2.36. The van der Waals surface area contributed by atoms with E-state index < -0.39 is 0 Å². The van der Waals surface area contributed by atoms with Crippen molar-refractivity contribution < 1.29 is 4.52 Å². The maximum Gasteiger partial charge on any atom is 0.178 e. The molecule has 0 aliphatic rings. The molecular weight excluding hydrogens is 204 g/mol. The lowest BCUT2D eigenvalue weighted by molar-refractivity contribution is 0.399. The number of pyridine rings is 1. The van der Waals surface area contributed by atoms with Gasteiger partial charge in [-0.2, -0.15) is 0 Å². The van der Waals surface area contributed by atoms with E-state index in [1.54, 1.807) is 0 Å². The molecular formula is C11H10N4O. The summed E-state index contributed by atoms with van der Waals surface area (Å²) in [5, 5.41) is 3.91. The van der Waals surface area contributed by atoms with Crippen molar-refractivity contribution in [1.82, 2.24) is 20.1 Å². The number of H-pyrrole nitrogens is 1. The van der Waals surface area contributed by atoms with Gasteiger partial charge in [-0.25, -0.2) is 9.97 Å². The number of nitrogens with one attached hydrogen (secondary N) is 1. The van der Waals surface area contributed by atoms with Gasteiger partial charge in [0, 0.05) is 11.8 Å². The van der Waals surface area contributed by atoms with Crippen molar-refractivity contribution in [3.8, 4) is 11.5 Å². The van der Waals surface area contributed by atoms with Crippen LogP contribution in [0.5, 0.6) is 0 Å². The van der Waals surface area contributed by atoms with Gasteiger partial charge in [0.15, 0.2) is 11.5 Å². The van der Waals surface area contributed by atoms with Crippen molar-refractivity contribution in [2.45, 2.75) is 13.8 Å². The van der Waals surface area contributed by atoms with Gasteiger partial charge in [0.25, 0.3) is 0 Å². The Kier molecular flexibility index (Phi) is 1.80. The fourth-order valence-corrected chi connectivity index (χ4v) is 1.59. The van der Waals surface area contributed by atoms with E-state index in [1.165, 1.54) is 0 Å². The lowest BCUT2D eigenvalue weighted by Crippen LogP contribution is -1.80. The minimum absolute atomic E-state index is 0.685. The van der Waals surface area contributed by atoms with Gasteiger partial charge in [0.05, 0.1) is 5.52 Å². The quantitative estimate of drug-likeness (QED) is 0.674. The number of aryl methyl sites for hydroxylation is 2. The van der Waals surface area contributed by atoms with Crippen molar-refractivity contribution in [1.29, 1.82) is 0 Å². The standard InChI is InChI=1S/C11H10N4O/c1-6-3-4-8-10(12-6)14-11(13-8)9-5-7(2)16-15-9/h3-5H,1-2H3,(H,12,13,14). The predicted octanol–water partition coefficient (Wildman–Crippen LogP) is 2.23. The number of rotatable bonds is 1. The summed E-state index contributed by atoms with van der Waals surface area (Å²) >= 11 is 0. The minimum Gasteiger partial charge on any atom is -0.361 e. The van der Waals surface area contributed by atoms with Crippen molar-refractivity contribution in [2.75, 3.05) is 0 Å². The van der Waals surface area contributed by atoms with Crippen LogP contribution in [-0.4, -0.2) is 20.1 Å². The van der Waals surface area contributed by atoms with E-state index in [9.17, 15) is 0 Å². The van der Waals surface area contributed by atoms with Crippen LogP contribution in [-0.2, 0) is 0 Å². The molecule has 80 valence electrons. The molecule has 1 N–H and O–H groups in total. The molecule has 0 fully saturated rings. The van der Waals surface area contributed by atoms with Crippen molar-refractivity contribution >= 4 is 11.2 Å². The summed E-state index contributed by atoms with van der Waals surface area (Å²) in [5.74, 6) is 1.45. The number of imidazole rings is 1. The summed E-state index contributed by atoms with van der Waals surface area (Å²) < 4.78 is 5.01. The second-order valence-corrected chi connectivity index (χ2v) is 3.73. The van der Waals surface area contributed by atoms with Gasteiger partial charge in [0.1, 0.15) is 11.5 Å². The maximum absolute atomic E-state index is 5.01. The molecule has 3 heterocycles. The zero-order valence-electron chi connectivity index (χ0n) is 8.98. The zero-order chi connectivity index (χ0) is 11.1. The van der Waals surface area contributed by atoms with Gasteiger partial charge < -0.3 is 9.51 Å². The first-order valence-corrected chi connectivity index (χ1v) is 4.99. The Balaban J connectivity index is 2.18. The summed E-state index contributed by atoms with van der Waals surface area (Å²) in [4.78, 5) is 11.9. The van der Waals surface area contributed by atoms with Crippen LogP contribution in [0.4, 0.5) is 0 Å². The van der Waals surface area contributed by atoms with E-state index in [-0.39, 0.29) is 0 Å². The molecule has 16 heavy (non-hydrogen) atoms. The van der Waals surface area contributed by atoms with E-state index >= 15 is 0 Å². The Labute approximate surface area is 91.5 Å². The molecule has 3 aromatic rings. The van der Waals surface area contributed by atoms with Crippen LogP contribution in [0.3, 0.4) is 0 Å². The largest absolute Gasteiger partial charge is 0.361 e. The Hall–Kier alpha value is -2.17. The summed E-state index contributed by atoms with van der Waals surface area (Å²) in [6.07, 6.45) is 0. The van der Waals surface area contributed by atoms with E-state index in [4.69, 9.17) is 4.52 Å². The van der Waals surface area contributed by atoms with Crippen molar-refractivity contribution in [3.63, 3.8) is 0 Å². The van der Waals surface area contributed by atoms with Crippen LogP contribution in [0.1, 0.15) is 11.5 Å². The number of aromatic nitrogens is 4. The van der Waals surface area contributed by atoms with Crippen molar-refractivity contribution in [2.24, 2.45) is 0 Å². The fraction of sp³-hybridized carbons (Fsp3) is 0.182. The van der Waals surface area contributed by atoms with Gasteiger partial charge in [0.2, 0.25) is 0 Å². The molecule has 0 aliphatic heterocycles. The number of hydrogen-bond acceptors (Lipinski definition) is 4. The smallest absolute Gasteiger partial charge is 0.178 e. The molecule has 3 rings (SSSR count). The molecule has 3 aromatic heterocycles. The Morgan fingerprint density at radius 2 is 2.06 bits per heavy atom. The van der Waals surface area contributed by atoms with E-state index in [0.29, 0.717) is 17.2 Å². The molecule has 0 bridgehead atoms. The molecule has 0 saturated carbocycles.